The number of benzene rings is 2. The molecule has 216 valence electrons. The maximum absolute atomic E-state index is 12.9. The van der Waals surface area contributed by atoms with Gasteiger partial charge in [0.05, 0.1) is 24.1 Å². The zero-order valence-corrected chi connectivity index (χ0v) is 22.5. The van der Waals surface area contributed by atoms with E-state index in [1.807, 2.05) is 17.9 Å². The lowest BCUT2D eigenvalue weighted by molar-refractivity contribution is -0.144. The number of carbonyl (C=O) groups is 1. The molecule has 2 atom stereocenters. The Bertz CT molecular complexity index is 1610. The Hall–Kier alpha value is -4.36. The van der Waals surface area contributed by atoms with Gasteiger partial charge in [0.15, 0.2) is 6.10 Å². The van der Waals surface area contributed by atoms with Gasteiger partial charge in [-0.2, -0.15) is 8.78 Å². The number of fused-ring (bicyclic) bond motifs is 1. The van der Waals surface area contributed by atoms with Crippen molar-refractivity contribution in [3.8, 4) is 16.9 Å². The van der Waals surface area contributed by atoms with Gasteiger partial charge in [0.25, 0.3) is 11.5 Å². The fraction of sp³-hybridized carbons (Fsp3) is 0.357. The van der Waals surface area contributed by atoms with Gasteiger partial charge in [-0.05, 0) is 30.7 Å². The summed E-state index contributed by atoms with van der Waals surface area (Å²) >= 11 is 0. The van der Waals surface area contributed by atoms with Gasteiger partial charge in [-0.25, -0.2) is 9.97 Å². The number of aliphatic hydroxyl groups excluding tert-OH is 2. The van der Waals surface area contributed by atoms with Crippen LogP contribution in [0.5, 0.6) is 5.75 Å². The first-order chi connectivity index (χ1) is 19.7. The van der Waals surface area contributed by atoms with Gasteiger partial charge in [-0.15, -0.1) is 0 Å². The third-order valence-electron chi connectivity index (χ3n) is 7.29. The molecule has 5 rings (SSSR count). The minimum Gasteiger partial charge on any atom is -0.434 e. The Kier molecular flexibility index (Phi) is 7.99. The zero-order valence-electron chi connectivity index (χ0n) is 22.5. The summed E-state index contributed by atoms with van der Waals surface area (Å²) in [5, 5.41) is 19.3. The molecular weight excluding hydrogens is 538 g/mol. The van der Waals surface area contributed by atoms with E-state index >= 15 is 0 Å². The highest BCUT2D eigenvalue weighted by Crippen LogP contribution is 2.27. The van der Waals surface area contributed by atoms with Crippen LogP contribution in [0.15, 0.2) is 59.7 Å². The van der Waals surface area contributed by atoms with Crippen molar-refractivity contribution >= 4 is 22.8 Å². The summed E-state index contributed by atoms with van der Waals surface area (Å²) in [5.74, 6) is 0.0282. The highest BCUT2D eigenvalue weighted by Gasteiger charge is 2.31. The van der Waals surface area contributed by atoms with E-state index in [1.165, 1.54) is 10.7 Å². The molecule has 13 heteroatoms. The van der Waals surface area contributed by atoms with Crippen LogP contribution in [0.2, 0.25) is 0 Å². The summed E-state index contributed by atoms with van der Waals surface area (Å²) in [7, 11) is 1.62. The molecule has 1 fully saturated rings. The number of aromatic nitrogens is 4. The van der Waals surface area contributed by atoms with Crippen LogP contribution in [-0.2, 0) is 18.4 Å². The molecule has 1 saturated heterocycles. The van der Waals surface area contributed by atoms with Crippen molar-refractivity contribution in [3.63, 3.8) is 0 Å². The smallest absolute Gasteiger partial charge is 0.387 e. The van der Waals surface area contributed by atoms with Gasteiger partial charge in [0, 0.05) is 56.2 Å². The Balaban J connectivity index is 1.39. The number of ether oxygens (including phenoxy) is 1. The molecule has 41 heavy (non-hydrogen) atoms. The van der Waals surface area contributed by atoms with Gasteiger partial charge < -0.3 is 24.7 Å². The standard InChI is InChI=1S/C28H30F2N6O5/c1-17-14-34(9-10-35(17)26(40)23(38)16-37)28-31-12-20(13-32-28)18-7-8-21-22(11-18)36(33(2)25(21)39)15-19-5-3-4-6-24(19)41-27(29)30/h3-8,11-13,17,23,27,37-38H,9-10,14-16H2,1-2H3/t17-,23-/m1/s1. The van der Waals surface area contributed by atoms with Crippen molar-refractivity contribution in [2.45, 2.75) is 32.2 Å². The quantitative estimate of drug-likeness (QED) is 0.330. The molecule has 0 radical (unpaired) electrons. The molecule has 0 unspecified atom stereocenters. The van der Waals surface area contributed by atoms with E-state index < -0.39 is 25.2 Å². The van der Waals surface area contributed by atoms with Gasteiger partial charge in [0.2, 0.25) is 5.95 Å². The molecule has 11 nitrogen and oxygen atoms in total. The van der Waals surface area contributed by atoms with E-state index in [0.29, 0.717) is 47.6 Å². The maximum atomic E-state index is 12.9. The van der Waals surface area contributed by atoms with Crippen molar-refractivity contribution in [3.05, 3.63) is 70.8 Å². The van der Waals surface area contributed by atoms with E-state index in [-0.39, 0.29) is 23.9 Å². The molecule has 2 N–H and O–H groups in total. The number of anilines is 1. The number of halogens is 2. The number of hydrogen-bond donors (Lipinski definition) is 2. The predicted molar refractivity (Wildman–Crippen MR) is 147 cm³/mol. The number of piperazine rings is 1. The van der Waals surface area contributed by atoms with Crippen LogP contribution in [-0.4, -0.2) is 85.4 Å². The second-order valence-corrected chi connectivity index (χ2v) is 9.90. The first kappa shape index (κ1) is 28.2. The van der Waals surface area contributed by atoms with Gasteiger partial charge in [-0.1, -0.05) is 24.3 Å². The lowest BCUT2D eigenvalue weighted by Crippen LogP contribution is -2.57. The highest BCUT2D eigenvalue weighted by atomic mass is 19.3. The van der Waals surface area contributed by atoms with Crippen LogP contribution in [0.4, 0.5) is 14.7 Å². The normalized spacial score (nSPS) is 16.4. The monoisotopic (exact) mass is 568 g/mol. The number of rotatable bonds is 8. The molecule has 3 heterocycles. The van der Waals surface area contributed by atoms with Crippen molar-refractivity contribution in [1.82, 2.24) is 24.2 Å². The van der Waals surface area contributed by atoms with Crippen LogP contribution in [0.1, 0.15) is 12.5 Å². The molecule has 1 aliphatic rings. The number of aliphatic hydroxyl groups is 2. The molecule has 1 aliphatic heterocycles. The van der Waals surface area contributed by atoms with Crippen molar-refractivity contribution in [2.24, 2.45) is 7.05 Å². The molecule has 0 aliphatic carbocycles. The Labute approximate surface area is 233 Å². The number of carbonyl (C=O) groups excluding carboxylic acids is 1. The van der Waals surface area contributed by atoms with Gasteiger partial charge >= 0.3 is 6.61 Å². The van der Waals surface area contributed by atoms with E-state index in [0.717, 1.165) is 5.56 Å². The van der Waals surface area contributed by atoms with Crippen molar-refractivity contribution in [2.75, 3.05) is 31.1 Å². The first-order valence-corrected chi connectivity index (χ1v) is 13.1. The number of amides is 1. The molecule has 1 amide bonds. The van der Waals surface area contributed by atoms with E-state index in [2.05, 4.69) is 14.7 Å². The fourth-order valence-corrected chi connectivity index (χ4v) is 5.12. The molecule has 2 aromatic heterocycles. The van der Waals surface area contributed by atoms with Crippen LogP contribution >= 0.6 is 0 Å². The van der Waals surface area contributed by atoms with Crippen molar-refractivity contribution in [1.29, 1.82) is 0 Å². The van der Waals surface area contributed by atoms with Crippen molar-refractivity contribution < 1.29 is 28.5 Å². The topological polar surface area (TPSA) is 126 Å². The highest BCUT2D eigenvalue weighted by molar-refractivity contribution is 5.84. The number of nitrogens with zero attached hydrogens (tertiary/aromatic N) is 6. The van der Waals surface area contributed by atoms with Crippen LogP contribution < -0.4 is 15.2 Å². The summed E-state index contributed by atoms with van der Waals surface area (Å²) in [6.07, 6.45) is 1.93. The maximum Gasteiger partial charge on any atom is 0.387 e. The summed E-state index contributed by atoms with van der Waals surface area (Å²) in [6.45, 7) is -0.315. The van der Waals surface area contributed by atoms with Crippen LogP contribution in [0.25, 0.3) is 22.0 Å². The fourth-order valence-electron chi connectivity index (χ4n) is 5.12. The Morgan fingerprint density at radius 2 is 1.85 bits per heavy atom. The lowest BCUT2D eigenvalue weighted by Gasteiger charge is -2.40. The van der Waals surface area contributed by atoms with E-state index in [9.17, 15) is 23.5 Å². The van der Waals surface area contributed by atoms with Gasteiger partial charge in [0.1, 0.15) is 5.75 Å². The zero-order chi connectivity index (χ0) is 29.3. The summed E-state index contributed by atoms with van der Waals surface area (Å²) in [6, 6.07) is 11.6. The Morgan fingerprint density at radius 3 is 2.54 bits per heavy atom. The van der Waals surface area contributed by atoms with Gasteiger partial charge in [-0.3, -0.25) is 19.0 Å². The van der Waals surface area contributed by atoms with Crippen LogP contribution in [0.3, 0.4) is 0 Å². The second-order valence-electron chi connectivity index (χ2n) is 9.90. The SMILES string of the molecule is C[C@@H]1CN(c2ncc(-c3ccc4c(=O)n(C)n(Cc5ccccc5OC(F)F)c4c3)cn2)CCN1C(=O)[C@H](O)CO. The average Bonchev–Trinajstić information content (AvgIpc) is 3.21. The summed E-state index contributed by atoms with van der Waals surface area (Å²) in [4.78, 5) is 37.8. The molecular formula is C28H30F2N6O5. The Morgan fingerprint density at radius 1 is 1.12 bits per heavy atom. The lowest BCUT2D eigenvalue weighted by atomic mass is 10.1. The third-order valence-corrected chi connectivity index (χ3v) is 7.29. The average molecular weight is 569 g/mol. The van der Waals surface area contributed by atoms with Crippen LogP contribution in [0, 0.1) is 0 Å². The largest absolute Gasteiger partial charge is 0.434 e. The molecule has 2 aromatic carbocycles. The summed E-state index contributed by atoms with van der Waals surface area (Å²) < 4.78 is 33.7. The molecule has 4 aromatic rings. The predicted octanol–water partition coefficient (Wildman–Crippen LogP) is 1.84. The second kappa shape index (κ2) is 11.6. The minimum absolute atomic E-state index is 0.0426. The first-order valence-electron chi connectivity index (χ1n) is 13.1. The number of alkyl halides is 2. The number of hydrogen-bond acceptors (Lipinski definition) is 8. The third kappa shape index (κ3) is 5.63. The molecule has 0 spiro atoms. The number of para-hydroxylation sites is 1. The van der Waals surface area contributed by atoms with E-state index in [1.54, 1.807) is 59.4 Å². The summed E-state index contributed by atoms with van der Waals surface area (Å²) in [5.41, 5.74) is 2.38. The molecule has 0 saturated carbocycles. The van der Waals surface area contributed by atoms with E-state index in [4.69, 9.17) is 5.11 Å². The molecule has 0 bridgehead atoms. The minimum atomic E-state index is -2.97.